The van der Waals surface area contributed by atoms with Gasteiger partial charge in [0.05, 0.1) is 30.0 Å². The van der Waals surface area contributed by atoms with Crippen molar-refractivity contribution >= 4 is 11.5 Å². The van der Waals surface area contributed by atoms with Gasteiger partial charge in [-0.15, -0.1) is 0 Å². The van der Waals surface area contributed by atoms with E-state index in [0.29, 0.717) is 68.3 Å². The fraction of sp³-hybridized carbons (Fsp3) is 0.645. The molecule has 3 saturated heterocycles. The maximum atomic E-state index is 14.4. The van der Waals surface area contributed by atoms with Gasteiger partial charge in [0.2, 0.25) is 0 Å². The summed E-state index contributed by atoms with van der Waals surface area (Å²) < 4.78 is 33.5. The lowest BCUT2D eigenvalue weighted by Gasteiger charge is -2.57. The number of nitrogens with two attached hydrogens (primary N) is 1. The predicted octanol–water partition coefficient (Wildman–Crippen LogP) is 3.59. The van der Waals surface area contributed by atoms with Gasteiger partial charge in [-0.05, 0) is 62.1 Å². The van der Waals surface area contributed by atoms with Crippen LogP contribution in [0.1, 0.15) is 72.4 Å². The maximum Gasteiger partial charge on any atom is 0.318 e. The fourth-order valence-electron chi connectivity index (χ4n) is 8.65. The standard InChI is InChI=1S/C31H37FN6O3/c32-21-13-30(5-1-7-38(30)16-21)18-40-29-35-26-14-31(41-17-24(26)28(36-29)37-6-2-9-39-10-8-37)20-11-19(12-20)22-3-4-25(34)23(15-33)27(22)31/h3-4,19-21H,1-2,5-14,16-18,34H2/t19?,20?,21-,30+,31?/m1/s1. The van der Waals surface area contributed by atoms with E-state index in [1.54, 1.807) is 0 Å². The van der Waals surface area contributed by atoms with Gasteiger partial charge < -0.3 is 24.8 Å². The van der Waals surface area contributed by atoms with Crippen LogP contribution < -0.4 is 15.4 Å². The van der Waals surface area contributed by atoms with E-state index in [4.69, 9.17) is 29.9 Å². The zero-order valence-corrected chi connectivity index (χ0v) is 23.4. The Labute approximate surface area is 239 Å². The number of benzene rings is 1. The molecule has 216 valence electrons. The van der Waals surface area contributed by atoms with Crippen molar-refractivity contribution in [3.05, 3.63) is 40.1 Å². The lowest BCUT2D eigenvalue weighted by Crippen LogP contribution is -2.53. The first kappa shape index (κ1) is 25.7. The highest BCUT2D eigenvalue weighted by atomic mass is 19.1. The Bertz CT molecular complexity index is 1420. The molecule has 0 amide bonds. The van der Waals surface area contributed by atoms with Gasteiger partial charge in [0.15, 0.2) is 0 Å². The van der Waals surface area contributed by atoms with Crippen LogP contribution in [0, 0.1) is 17.2 Å². The molecule has 3 aliphatic carbocycles. The van der Waals surface area contributed by atoms with Crippen molar-refractivity contribution < 1.29 is 18.6 Å². The van der Waals surface area contributed by atoms with E-state index in [2.05, 4.69) is 21.9 Å². The molecule has 3 atom stereocenters. The van der Waals surface area contributed by atoms with Crippen LogP contribution in [0.2, 0.25) is 0 Å². The molecule has 7 aliphatic rings. The van der Waals surface area contributed by atoms with Crippen LogP contribution in [0.3, 0.4) is 0 Å². The van der Waals surface area contributed by atoms with Crippen molar-refractivity contribution in [2.45, 2.75) is 74.8 Å². The maximum absolute atomic E-state index is 14.4. The fourth-order valence-corrected chi connectivity index (χ4v) is 8.65. The van der Waals surface area contributed by atoms with Crippen molar-refractivity contribution in [3.63, 3.8) is 0 Å². The van der Waals surface area contributed by atoms with Crippen LogP contribution in [0.25, 0.3) is 0 Å². The van der Waals surface area contributed by atoms with E-state index in [-0.39, 0.29) is 5.54 Å². The van der Waals surface area contributed by atoms with Gasteiger partial charge in [-0.25, -0.2) is 4.39 Å². The Kier molecular flexibility index (Phi) is 5.96. The third kappa shape index (κ3) is 3.89. The number of alkyl halides is 1. The zero-order valence-electron chi connectivity index (χ0n) is 23.4. The lowest BCUT2D eigenvalue weighted by molar-refractivity contribution is -0.151. The molecule has 1 spiro atoms. The minimum atomic E-state index is -0.813. The average molecular weight is 561 g/mol. The number of nitriles is 1. The molecule has 4 fully saturated rings. The van der Waals surface area contributed by atoms with Gasteiger partial charge in [0.25, 0.3) is 0 Å². The molecule has 0 radical (unpaired) electrons. The molecule has 41 heavy (non-hydrogen) atoms. The number of fused-ring (bicyclic) bond motifs is 2. The average Bonchev–Trinajstić information content (AvgIpc) is 3.32. The number of aromatic nitrogens is 2. The van der Waals surface area contributed by atoms with Crippen LogP contribution in [0.15, 0.2) is 12.1 Å². The van der Waals surface area contributed by atoms with Gasteiger partial charge in [-0.1, -0.05) is 6.07 Å². The van der Waals surface area contributed by atoms with Crippen LogP contribution >= 0.6 is 0 Å². The van der Waals surface area contributed by atoms with E-state index in [0.717, 1.165) is 81.0 Å². The molecule has 2 N–H and O–H groups in total. The highest BCUT2D eigenvalue weighted by Gasteiger charge is 2.58. The van der Waals surface area contributed by atoms with E-state index in [9.17, 15) is 9.65 Å². The summed E-state index contributed by atoms with van der Waals surface area (Å²) in [4.78, 5) is 14.5. The lowest BCUT2D eigenvalue weighted by atomic mass is 9.53. The van der Waals surface area contributed by atoms with Crippen molar-refractivity contribution in [1.29, 1.82) is 5.26 Å². The smallest absolute Gasteiger partial charge is 0.318 e. The van der Waals surface area contributed by atoms with Crippen molar-refractivity contribution in [2.75, 3.05) is 56.6 Å². The number of hydrogen-bond donors (Lipinski definition) is 1. The minimum absolute atomic E-state index is 0.276. The number of halogens is 1. The number of rotatable bonds is 4. The molecular formula is C31H37FN6O3. The molecule has 9 rings (SSSR count). The first-order chi connectivity index (χ1) is 20.0. The highest BCUT2D eigenvalue weighted by molar-refractivity contribution is 5.65. The summed E-state index contributed by atoms with van der Waals surface area (Å²) in [6, 6.07) is 6.70. The first-order valence-corrected chi connectivity index (χ1v) is 15.2. The molecule has 1 saturated carbocycles. The molecule has 10 heteroatoms. The van der Waals surface area contributed by atoms with Crippen LogP contribution in [0.4, 0.5) is 15.9 Å². The molecule has 1 aromatic heterocycles. The van der Waals surface area contributed by atoms with E-state index >= 15 is 0 Å². The van der Waals surface area contributed by atoms with Crippen LogP contribution in [-0.4, -0.2) is 72.6 Å². The summed E-state index contributed by atoms with van der Waals surface area (Å²) in [5.74, 6) is 1.61. The third-order valence-electron chi connectivity index (χ3n) is 10.7. The van der Waals surface area contributed by atoms with E-state index in [1.165, 1.54) is 5.56 Å². The van der Waals surface area contributed by atoms with E-state index < -0.39 is 11.8 Å². The number of nitrogens with zero attached hydrogens (tertiary/aromatic N) is 5. The van der Waals surface area contributed by atoms with Crippen LogP contribution in [-0.2, 0) is 28.1 Å². The van der Waals surface area contributed by atoms with Crippen molar-refractivity contribution in [3.8, 4) is 12.1 Å². The zero-order chi connectivity index (χ0) is 27.8. The Hall–Kier alpha value is -3.00. The molecule has 2 aromatic rings. The Morgan fingerprint density at radius 1 is 1.17 bits per heavy atom. The van der Waals surface area contributed by atoms with Gasteiger partial charge in [-0.2, -0.15) is 15.2 Å². The molecule has 2 bridgehead atoms. The van der Waals surface area contributed by atoms with Gasteiger partial charge >= 0.3 is 6.01 Å². The Morgan fingerprint density at radius 2 is 2.07 bits per heavy atom. The second-order valence-electron chi connectivity index (χ2n) is 12.9. The number of anilines is 2. The molecular weight excluding hydrogens is 523 g/mol. The highest BCUT2D eigenvalue weighted by Crippen LogP contribution is 2.62. The van der Waals surface area contributed by atoms with E-state index in [1.807, 2.05) is 6.07 Å². The van der Waals surface area contributed by atoms with Gasteiger partial charge in [0.1, 0.15) is 30.3 Å². The monoisotopic (exact) mass is 560 g/mol. The molecule has 4 aliphatic heterocycles. The molecule has 5 heterocycles. The summed E-state index contributed by atoms with van der Waals surface area (Å²) in [5.41, 5.74) is 10.5. The topological polar surface area (TPSA) is 110 Å². The summed E-state index contributed by atoms with van der Waals surface area (Å²) in [6.07, 6.45) is 5.24. The number of ether oxygens (including phenoxy) is 3. The number of nitrogen functional groups attached to an aromatic ring is 1. The molecule has 9 nitrogen and oxygen atoms in total. The second kappa shape index (κ2) is 9.51. The van der Waals surface area contributed by atoms with Crippen molar-refractivity contribution in [2.24, 2.45) is 5.92 Å². The first-order valence-electron chi connectivity index (χ1n) is 15.2. The normalized spacial score (nSPS) is 33.9. The molecule has 1 aromatic carbocycles. The predicted molar refractivity (Wildman–Crippen MR) is 149 cm³/mol. The largest absolute Gasteiger partial charge is 0.461 e. The second-order valence-corrected chi connectivity index (χ2v) is 12.9. The van der Waals surface area contributed by atoms with Crippen molar-refractivity contribution in [1.82, 2.24) is 14.9 Å². The number of hydrogen-bond acceptors (Lipinski definition) is 9. The Balaban J connectivity index is 1.19. The quantitative estimate of drug-likeness (QED) is 0.561. The van der Waals surface area contributed by atoms with Crippen LogP contribution in [0.5, 0.6) is 6.01 Å². The minimum Gasteiger partial charge on any atom is -0.461 e. The van der Waals surface area contributed by atoms with Gasteiger partial charge in [-0.3, -0.25) is 4.90 Å². The summed E-state index contributed by atoms with van der Waals surface area (Å²) in [5, 5.41) is 10.2. The summed E-state index contributed by atoms with van der Waals surface area (Å²) in [7, 11) is 0. The summed E-state index contributed by atoms with van der Waals surface area (Å²) in [6.45, 7) is 5.09. The summed E-state index contributed by atoms with van der Waals surface area (Å²) >= 11 is 0. The van der Waals surface area contributed by atoms with Gasteiger partial charge in [0, 0.05) is 55.9 Å². The SMILES string of the molecule is N#Cc1c(N)ccc2c1C1(Cc3nc(OC[C@@]45CCCN4C[C@H](F)C5)nc(N4CCCOCC4)c3CO1)C1CC2C1. The third-order valence-corrected chi connectivity index (χ3v) is 10.7. The molecule has 1 unspecified atom stereocenters. The Morgan fingerprint density at radius 3 is 2.95 bits per heavy atom.